The lowest BCUT2D eigenvalue weighted by Crippen LogP contribution is -2.49. The van der Waals surface area contributed by atoms with E-state index in [0.717, 1.165) is 51.4 Å². The van der Waals surface area contributed by atoms with Crippen molar-refractivity contribution in [2.45, 2.75) is 31.9 Å². The van der Waals surface area contributed by atoms with Crippen molar-refractivity contribution < 1.29 is 14.3 Å². The van der Waals surface area contributed by atoms with Gasteiger partial charge in [0.05, 0.1) is 13.2 Å². The maximum Gasteiger partial charge on any atom is 0.259 e. The van der Waals surface area contributed by atoms with Gasteiger partial charge in [-0.1, -0.05) is 43.7 Å². The molecule has 1 aromatic rings. The maximum absolute atomic E-state index is 13.3. The van der Waals surface area contributed by atoms with Gasteiger partial charge in [0.25, 0.3) is 5.91 Å². The van der Waals surface area contributed by atoms with Crippen LogP contribution < -0.4 is 0 Å². The number of ether oxygens (including phenoxy) is 2. The Labute approximate surface area is 150 Å². The van der Waals surface area contributed by atoms with Crippen molar-refractivity contribution in [1.29, 1.82) is 0 Å². The standard InChI is InChI=1S/C20H30N2O3/c1-4-16-14-22(15-18(16)21-10-12-25-13-11-21)19(23)20(2,24-3)17-8-6-5-7-9-17/h5-9,16,18H,4,10-15H2,1-3H3/t16-,18-,20+/m1/s1. The summed E-state index contributed by atoms with van der Waals surface area (Å²) in [7, 11) is 1.62. The molecule has 0 aliphatic carbocycles. The van der Waals surface area contributed by atoms with Gasteiger partial charge in [-0.05, 0) is 18.4 Å². The summed E-state index contributed by atoms with van der Waals surface area (Å²) in [4.78, 5) is 17.8. The third kappa shape index (κ3) is 3.59. The summed E-state index contributed by atoms with van der Waals surface area (Å²) in [6, 6.07) is 10.2. The number of amides is 1. The van der Waals surface area contributed by atoms with Crippen LogP contribution in [-0.4, -0.2) is 68.3 Å². The summed E-state index contributed by atoms with van der Waals surface area (Å²) in [6.07, 6.45) is 1.08. The maximum atomic E-state index is 13.3. The zero-order chi connectivity index (χ0) is 17.9. The van der Waals surface area contributed by atoms with Gasteiger partial charge in [0.15, 0.2) is 5.60 Å². The Morgan fingerprint density at radius 3 is 2.52 bits per heavy atom. The van der Waals surface area contributed by atoms with Crippen LogP contribution in [0.15, 0.2) is 30.3 Å². The lowest BCUT2D eigenvalue weighted by atomic mass is 9.94. The molecular weight excluding hydrogens is 316 g/mol. The van der Waals surface area contributed by atoms with E-state index in [1.165, 1.54) is 0 Å². The van der Waals surface area contributed by atoms with Gasteiger partial charge in [-0.2, -0.15) is 0 Å². The second-order valence-electron chi connectivity index (χ2n) is 7.20. The molecule has 2 fully saturated rings. The average molecular weight is 346 g/mol. The number of morpholine rings is 1. The number of hydrogen-bond donors (Lipinski definition) is 0. The normalized spacial score (nSPS) is 27.2. The molecule has 2 aliphatic heterocycles. The molecule has 0 saturated carbocycles. The van der Waals surface area contributed by atoms with Gasteiger partial charge in [-0.25, -0.2) is 0 Å². The fourth-order valence-electron chi connectivity index (χ4n) is 4.13. The van der Waals surface area contributed by atoms with Gasteiger partial charge in [0.2, 0.25) is 0 Å². The summed E-state index contributed by atoms with van der Waals surface area (Å²) in [5.41, 5.74) is -0.0233. The van der Waals surface area contributed by atoms with E-state index in [1.54, 1.807) is 7.11 Å². The first-order chi connectivity index (χ1) is 12.1. The van der Waals surface area contributed by atoms with E-state index in [9.17, 15) is 4.79 Å². The second-order valence-corrected chi connectivity index (χ2v) is 7.20. The number of likely N-dealkylation sites (tertiary alicyclic amines) is 1. The lowest BCUT2D eigenvalue weighted by Gasteiger charge is -2.35. The fraction of sp³-hybridized carbons (Fsp3) is 0.650. The molecule has 2 aliphatic rings. The molecule has 2 saturated heterocycles. The van der Waals surface area contributed by atoms with Crippen LogP contribution in [0.2, 0.25) is 0 Å². The van der Waals surface area contributed by atoms with Gasteiger partial charge in [-0.3, -0.25) is 9.69 Å². The number of methoxy groups -OCH3 is 1. The topological polar surface area (TPSA) is 42.0 Å². The monoisotopic (exact) mass is 346 g/mol. The number of carbonyl (C=O) groups excluding carboxylic acids is 1. The highest BCUT2D eigenvalue weighted by Gasteiger charge is 2.44. The first-order valence-electron chi connectivity index (χ1n) is 9.32. The zero-order valence-corrected chi connectivity index (χ0v) is 15.6. The molecule has 0 spiro atoms. The molecule has 0 radical (unpaired) electrons. The molecule has 3 atom stereocenters. The first kappa shape index (κ1) is 18.4. The lowest BCUT2D eigenvalue weighted by molar-refractivity contribution is -0.153. The molecule has 138 valence electrons. The third-order valence-corrected chi connectivity index (χ3v) is 5.87. The summed E-state index contributed by atoms with van der Waals surface area (Å²) >= 11 is 0. The van der Waals surface area contributed by atoms with E-state index >= 15 is 0 Å². The fourth-order valence-corrected chi connectivity index (χ4v) is 4.13. The predicted octanol–water partition coefficient (Wildman–Crippen LogP) is 2.12. The minimum atomic E-state index is -0.931. The van der Waals surface area contributed by atoms with Crippen LogP contribution in [0.1, 0.15) is 25.8 Å². The van der Waals surface area contributed by atoms with Crippen molar-refractivity contribution in [3.63, 3.8) is 0 Å². The smallest absolute Gasteiger partial charge is 0.259 e. The van der Waals surface area contributed by atoms with Crippen LogP contribution >= 0.6 is 0 Å². The Hall–Kier alpha value is -1.43. The molecule has 5 nitrogen and oxygen atoms in total. The highest BCUT2D eigenvalue weighted by Crippen LogP contribution is 2.32. The van der Waals surface area contributed by atoms with Gasteiger partial charge in [0, 0.05) is 39.3 Å². The van der Waals surface area contributed by atoms with E-state index < -0.39 is 5.60 Å². The van der Waals surface area contributed by atoms with Crippen LogP contribution in [0.25, 0.3) is 0 Å². The van der Waals surface area contributed by atoms with Crippen LogP contribution in [0, 0.1) is 5.92 Å². The Morgan fingerprint density at radius 1 is 1.24 bits per heavy atom. The summed E-state index contributed by atoms with van der Waals surface area (Å²) in [5.74, 6) is 0.578. The molecule has 0 N–H and O–H groups in total. The number of hydrogen-bond acceptors (Lipinski definition) is 4. The van der Waals surface area contributed by atoms with Gasteiger partial charge >= 0.3 is 0 Å². The number of nitrogens with zero attached hydrogens (tertiary/aromatic N) is 2. The minimum absolute atomic E-state index is 0.0652. The molecule has 0 aromatic heterocycles. The van der Waals surface area contributed by atoms with E-state index in [4.69, 9.17) is 9.47 Å². The Bertz CT molecular complexity index is 574. The minimum Gasteiger partial charge on any atom is -0.379 e. The van der Waals surface area contributed by atoms with Crippen LogP contribution in [0.4, 0.5) is 0 Å². The van der Waals surface area contributed by atoms with Crippen LogP contribution in [0.3, 0.4) is 0 Å². The number of carbonyl (C=O) groups is 1. The second kappa shape index (κ2) is 7.85. The third-order valence-electron chi connectivity index (χ3n) is 5.87. The molecule has 5 heteroatoms. The molecule has 1 amide bonds. The molecule has 1 aromatic carbocycles. The quantitative estimate of drug-likeness (QED) is 0.819. The zero-order valence-electron chi connectivity index (χ0n) is 15.6. The van der Waals surface area contributed by atoms with Crippen molar-refractivity contribution in [1.82, 2.24) is 9.80 Å². The van der Waals surface area contributed by atoms with E-state index in [0.29, 0.717) is 12.0 Å². The van der Waals surface area contributed by atoms with Crippen molar-refractivity contribution in [2.24, 2.45) is 5.92 Å². The molecule has 3 rings (SSSR count). The van der Waals surface area contributed by atoms with Gasteiger partial charge in [0.1, 0.15) is 0 Å². The highest BCUT2D eigenvalue weighted by molar-refractivity contribution is 5.86. The van der Waals surface area contributed by atoms with Crippen molar-refractivity contribution in [3.8, 4) is 0 Å². The van der Waals surface area contributed by atoms with E-state index in [-0.39, 0.29) is 5.91 Å². The average Bonchev–Trinajstić information content (AvgIpc) is 3.12. The summed E-state index contributed by atoms with van der Waals surface area (Å²) in [5, 5.41) is 0. The molecule has 0 unspecified atom stereocenters. The SMILES string of the molecule is CC[C@@H]1CN(C(=O)[C@@](C)(OC)c2ccccc2)C[C@H]1N1CCOCC1. The number of rotatable bonds is 5. The van der Waals surface area contributed by atoms with E-state index in [1.807, 2.05) is 42.2 Å². The molecular formula is C20H30N2O3. The molecule has 0 bridgehead atoms. The van der Waals surface area contributed by atoms with Crippen molar-refractivity contribution >= 4 is 5.91 Å². The molecule has 25 heavy (non-hydrogen) atoms. The summed E-state index contributed by atoms with van der Waals surface area (Å²) < 4.78 is 11.2. The van der Waals surface area contributed by atoms with Crippen molar-refractivity contribution in [2.75, 3.05) is 46.5 Å². The highest BCUT2D eigenvalue weighted by atomic mass is 16.5. The van der Waals surface area contributed by atoms with Gasteiger partial charge in [-0.15, -0.1) is 0 Å². The Kier molecular flexibility index (Phi) is 5.77. The Balaban J connectivity index is 1.77. The van der Waals surface area contributed by atoms with E-state index in [2.05, 4.69) is 11.8 Å². The summed E-state index contributed by atoms with van der Waals surface area (Å²) in [6.45, 7) is 9.20. The predicted molar refractivity (Wildman–Crippen MR) is 97.3 cm³/mol. The largest absolute Gasteiger partial charge is 0.379 e. The molecule has 2 heterocycles. The van der Waals surface area contributed by atoms with Crippen LogP contribution in [0.5, 0.6) is 0 Å². The number of benzene rings is 1. The Morgan fingerprint density at radius 2 is 1.92 bits per heavy atom. The first-order valence-corrected chi connectivity index (χ1v) is 9.32. The van der Waals surface area contributed by atoms with Gasteiger partial charge < -0.3 is 14.4 Å². The van der Waals surface area contributed by atoms with Crippen molar-refractivity contribution in [3.05, 3.63) is 35.9 Å². The van der Waals surface area contributed by atoms with Crippen LogP contribution in [-0.2, 0) is 19.9 Å².